The third-order valence-electron chi connectivity index (χ3n) is 4.39. The zero-order valence-corrected chi connectivity index (χ0v) is 15.8. The Kier molecular flexibility index (Phi) is 6.08. The summed E-state index contributed by atoms with van der Waals surface area (Å²) in [6, 6.07) is 5.40. The van der Waals surface area contributed by atoms with Gasteiger partial charge in [0.25, 0.3) is 5.56 Å². The molecule has 0 radical (unpaired) electrons. The number of ether oxygens (including phenoxy) is 1. The van der Waals surface area contributed by atoms with Gasteiger partial charge in [-0.15, -0.1) is 0 Å². The number of hydrogen-bond donors (Lipinski definition) is 1. The molecular weight excluding hydrogens is 332 g/mol. The summed E-state index contributed by atoms with van der Waals surface area (Å²) in [7, 11) is 0. The first kappa shape index (κ1) is 19.6. The highest BCUT2D eigenvalue weighted by Crippen LogP contribution is 2.13. The number of aryl methyl sites for hydroxylation is 4. The van der Waals surface area contributed by atoms with Crippen LogP contribution in [0.1, 0.15) is 51.9 Å². The number of nitrogens with zero attached hydrogens (tertiary/aromatic N) is 1. The smallest absolute Gasteiger partial charge is 0.306 e. The van der Waals surface area contributed by atoms with Crippen LogP contribution in [0.15, 0.2) is 23.0 Å². The molecule has 1 atom stereocenters. The Morgan fingerprint density at radius 2 is 1.85 bits per heavy atom. The van der Waals surface area contributed by atoms with Gasteiger partial charge in [0.2, 0.25) is 5.78 Å². The number of carbonyl (C=O) groups is 2. The molecule has 1 aromatic heterocycles. The van der Waals surface area contributed by atoms with Gasteiger partial charge in [-0.1, -0.05) is 12.1 Å². The average Bonchev–Trinajstić information content (AvgIpc) is 2.55. The largest absolute Gasteiger partial charge is 0.454 e. The molecule has 6 nitrogen and oxygen atoms in total. The number of esters is 1. The van der Waals surface area contributed by atoms with Crippen LogP contribution in [0.2, 0.25) is 0 Å². The Hall–Kier alpha value is -2.76. The maximum absolute atomic E-state index is 12.4. The van der Waals surface area contributed by atoms with Crippen molar-refractivity contribution in [1.82, 2.24) is 9.97 Å². The first-order chi connectivity index (χ1) is 12.2. The van der Waals surface area contributed by atoms with Gasteiger partial charge in [-0.05, 0) is 58.2 Å². The van der Waals surface area contributed by atoms with Gasteiger partial charge in [0, 0.05) is 23.2 Å². The molecule has 0 saturated heterocycles. The first-order valence-corrected chi connectivity index (χ1v) is 8.56. The summed E-state index contributed by atoms with van der Waals surface area (Å²) in [6.45, 7) is 8.89. The summed E-state index contributed by atoms with van der Waals surface area (Å²) in [4.78, 5) is 43.2. The number of rotatable bonds is 6. The summed E-state index contributed by atoms with van der Waals surface area (Å²) in [5, 5.41) is 0. The predicted molar refractivity (Wildman–Crippen MR) is 98.5 cm³/mol. The van der Waals surface area contributed by atoms with Crippen LogP contribution in [-0.2, 0) is 16.0 Å². The standard InChI is InChI=1S/C20H24N2O4/c1-11-6-7-16(10-12(11)2)19(24)14(4)26-18(23)9-8-17-13(3)21-15(5)22-20(17)25/h6-7,10,14H,8-9H2,1-5H3,(H,21,22,25)/t14-/m0/s1. The highest BCUT2D eigenvalue weighted by atomic mass is 16.5. The van der Waals surface area contributed by atoms with E-state index in [9.17, 15) is 14.4 Å². The Labute approximate surface area is 152 Å². The minimum Gasteiger partial charge on any atom is -0.454 e. The molecule has 6 heteroatoms. The number of nitrogens with one attached hydrogen (secondary N) is 1. The molecule has 1 aromatic carbocycles. The van der Waals surface area contributed by atoms with Gasteiger partial charge in [0.05, 0.1) is 0 Å². The van der Waals surface area contributed by atoms with Gasteiger partial charge < -0.3 is 9.72 Å². The van der Waals surface area contributed by atoms with Crippen molar-refractivity contribution in [2.24, 2.45) is 0 Å². The van der Waals surface area contributed by atoms with Gasteiger partial charge >= 0.3 is 5.97 Å². The van der Waals surface area contributed by atoms with Crippen molar-refractivity contribution >= 4 is 11.8 Å². The molecule has 0 bridgehead atoms. The van der Waals surface area contributed by atoms with Crippen molar-refractivity contribution in [2.45, 2.75) is 53.6 Å². The Bertz CT molecular complexity index is 899. The van der Waals surface area contributed by atoms with E-state index in [4.69, 9.17) is 4.74 Å². The highest BCUT2D eigenvalue weighted by molar-refractivity contribution is 6.00. The van der Waals surface area contributed by atoms with Crippen molar-refractivity contribution in [3.63, 3.8) is 0 Å². The monoisotopic (exact) mass is 356 g/mol. The molecule has 0 spiro atoms. The molecule has 0 amide bonds. The topological polar surface area (TPSA) is 89.1 Å². The lowest BCUT2D eigenvalue weighted by Gasteiger charge is -2.13. The fourth-order valence-corrected chi connectivity index (χ4v) is 2.71. The van der Waals surface area contributed by atoms with Gasteiger partial charge in [-0.3, -0.25) is 14.4 Å². The molecule has 2 aromatic rings. The average molecular weight is 356 g/mol. The van der Waals surface area contributed by atoms with Gasteiger partial charge in [0.1, 0.15) is 5.82 Å². The number of aromatic nitrogens is 2. The number of carbonyl (C=O) groups excluding carboxylic acids is 2. The van der Waals surface area contributed by atoms with E-state index in [1.807, 2.05) is 19.9 Å². The molecule has 138 valence electrons. The number of aromatic amines is 1. The molecule has 0 saturated carbocycles. The number of H-pyrrole nitrogens is 1. The van der Waals surface area contributed by atoms with Crippen molar-refractivity contribution in [1.29, 1.82) is 0 Å². The lowest BCUT2D eigenvalue weighted by atomic mass is 10.0. The van der Waals surface area contributed by atoms with E-state index in [0.29, 0.717) is 22.6 Å². The molecule has 0 aliphatic heterocycles. The second-order valence-electron chi connectivity index (χ2n) is 6.51. The van der Waals surface area contributed by atoms with Gasteiger partial charge in [0.15, 0.2) is 6.10 Å². The molecular formula is C20H24N2O4. The van der Waals surface area contributed by atoms with Gasteiger partial charge in [-0.2, -0.15) is 0 Å². The van der Waals surface area contributed by atoms with Crippen molar-refractivity contribution in [3.05, 3.63) is 62.3 Å². The van der Waals surface area contributed by atoms with Crippen LogP contribution in [-0.4, -0.2) is 27.8 Å². The van der Waals surface area contributed by atoms with Crippen LogP contribution in [0.25, 0.3) is 0 Å². The van der Waals surface area contributed by atoms with Crippen molar-refractivity contribution < 1.29 is 14.3 Å². The quantitative estimate of drug-likeness (QED) is 0.635. The third kappa shape index (κ3) is 4.65. The molecule has 1 heterocycles. The van der Waals surface area contributed by atoms with Crippen LogP contribution >= 0.6 is 0 Å². The highest BCUT2D eigenvalue weighted by Gasteiger charge is 2.20. The van der Waals surface area contributed by atoms with E-state index >= 15 is 0 Å². The molecule has 0 aliphatic carbocycles. The molecule has 26 heavy (non-hydrogen) atoms. The molecule has 0 aliphatic rings. The van der Waals surface area contributed by atoms with E-state index in [1.165, 1.54) is 0 Å². The number of Topliss-reactive ketones (excluding diaryl/α,β-unsaturated/α-hetero) is 1. The summed E-state index contributed by atoms with van der Waals surface area (Å²) in [5.41, 5.74) is 3.43. The fourth-order valence-electron chi connectivity index (χ4n) is 2.71. The van der Waals surface area contributed by atoms with E-state index < -0.39 is 12.1 Å². The lowest BCUT2D eigenvalue weighted by Crippen LogP contribution is -2.25. The Balaban J connectivity index is 1.98. The maximum atomic E-state index is 12.4. The second-order valence-corrected chi connectivity index (χ2v) is 6.51. The maximum Gasteiger partial charge on any atom is 0.306 e. The van der Waals surface area contributed by atoms with E-state index in [1.54, 1.807) is 32.9 Å². The van der Waals surface area contributed by atoms with Crippen molar-refractivity contribution in [2.75, 3.05) is 0 Å². The van der Waals surface area contributed by atoms with E-state index in [0.717, 1.165) is 11.1 Å². The Morgan fingerprint density at radius 1 is 1.15 bits per heavy atom. The zero-order valence-electron chi connectivity index (χ0n) is 15.8. The van der Waals surface area contributed by atoms with Crippen LogP contribution < -0.4 is 5.56 Å². The minimum absolute atomic E-state index is 0.0131. The van der Waals surface area contributed by atoms with Crippen LogP contribution in [0.3, 0.4) is 0 Å². The fraction of sp³-hybridized carbons (Fsp3) is 0.400. The van der Waals surface area contributed by atoms with Crippen molar-refractivity contribution in [3.8, 4) is 0 Å². The van der Waals surface area contributed by atoms with E-state index in [2.05, 4.69) is 9.97 Å². The number of benzene rings is 1. The SMILES string of the molecule is Cc1nc(C)c(CCC(=O)O[C@@H](C)C(=O)c2ccc(C)c(C)c2)c(=O)[nH]1. The number of ketones is 1. The summed E-state index contributed by atoms with van der Waals surface area (Å²) in [5.74, 6) is -0.229. The summed E-state index contributed by atoms with van der Waals surface area (Å²) >= 11 is 0. The molecule has 1 N–H and O–H groups in total. The lowest BCUT2D eigenvalue weighted by molar-refractivity contribution is -0.146. The Morgan fingerprint density at radius 3 is 2.46 bits per heavy atom. The third-order valence-corrected chi connectivity index (χ3v) is 4.39. The van der Waals surface area contributed by atoms with Crippen LogP contribution in [0.4, 0.5) is 0 Å². The number of hydrogen-bond acceptors (Lipinski definition) is 5. The first-order valence-electron chi connectivity index (χ1n) is 8.56. The zero-order chi connectivity index (χ0) is 19.4. The normalized spacial score (nSPS) is 11.9. The molecule has 0 fully saturated rings. The molecule has 0 unspecified atom stereocenters. The summed E-state index contributed by atoms with van der Waals surface area (Å²) in [6.07, 6.45) is -0.642. The van der Waals surface area contributed by atoms with E-state index in [-0.39, 0.29) is 24.2 Å². The van der Waals surface area contributed by atoms with Gasteiger partial charge in [-0.25, -0.2) is 4.98 Å². The predicted octanol–water partition coefficient (Wildman–Crippen LogP) is 2.75. The van der Waals surface area contributed by atoms with Crippen LogP contribution in [0, 0.1) is 27.7 Å². The summed E-state index contributed by atoms with van der Waals surface area (Å²) < 4.78 is 5.24. The second kappa shape index (κ2) is 8.08. The van der Waals surface area contributed by atoms with Crippen LogP contribution in [0.5, 0.6) is 0 Å². The minimum atomic E-state index is -0.875. The molecule has 2 rings (SSSR count).